The highest BCUT2D eigenvalue weighted by atomic mass is 19.1. The molecule has 23 heavy (non-hydrogen) atoms. The van der Waals surface area contributed by atoms with Gasteiger partial charge in [-0.2, -0.15) is 0 Å². The van der Waals surface area contributed by atoms with Gasteiger partial charge in [-0.3, -0.25) is 14.2 Å². The number of anilines is 1. The van der Waals surface area contributed by atoms with Crippen molar-refractivity contribution in [3.63, 3.8) is 0 Å². The Bertz CT molecular complexity index is 904. The quantitative estimate of drug-likeness (QED) is 0.807. The van der Waals surface area contributed by atoms with Gasteiger partial charge in [0.25, 0.3) is 11.5 Å². The molecule has 3 aromatic rings. The molecule has 4 nitrogen and oxygen atoms in total. The van der Waals surface area contributed by atoms with Crippen LogP contribution in [0.25, 0.3) is 5.69 Å². The van der Waals surface area contributed by atoms with Gasteiger partial charge in [0.15, 0.2) is 0 Å². The standard InChI is InChI=1S/C18H13FN2O2/c19-14-5-4-6-15(11-14)20-18(23)13-9-10-17(22)21(12-13)16-7-2-1-3-8-16/h1-12H,(H,20,23). The number of halogens is 1. The molecule has 0 aliphatic rings. The summed E-state index contributed by atoms with van der Waals surface area (Å²) in [6.07, 6.45) is 1.46. The molecule has 0 radical (unpaired) electrons. The van der Waals surface area contributed by atoms with Crippen molar-refractivity contribution in [2.45, 2.75) is 0 Å². The molecule has 1 N–H and O–H groups in total. The van der Waals surface area contributed by atoms with Crippen molar-refractivity contribution in [3.05, 3.63) is 94.7 Å². The second-order valence-corrected chi connectivity index (χ2v) is 4.93. The number of pyridine rings is 1. The van der Waals surface area contributed by atoms with E-state index in [-0.39, 0.29) is 5.56 Å². The molecule has 3 rings (SSSR count). The molecule has 0 saturated heterocycles. The Morgan fingerprint density at radius 2 is 1.74 bits per heavy atom. The number of carbonyl (C=O) groups is 1. The van der Waals surface area contributed by atoms with Gasteiger partial charge in [-0.1, -0.05) is 24.3 Å². The van der Waals surface area contributed by atoms with Gasteiger partial charge in [0.05, 0.1) is 5.56 Å². The van der Waals surface area contributed by atoms with Crippen LogP contribution in [0.2, 0.25) is 0 Å². The average Bonchev–Trinajstić information content (AvgIpc) is 2.56. The lowest BCUT2D eigenvalue weighted by molar-refractivity contribution is 0.102. The summed E-state index contributed by atoms with van der Waals surface area (Å²) in [6.45, 7) is 0. The van der Waals surface area contributed by atoms with Gasteiger partial charge in [-0.15, -0.1) is 0 Å². The monoisotopic (exact) mass is 308 g/mol. The first-order chi connectivity index (χ1) is 11.1. The first-order valence-corrected chi connectivity index (χ1v) is 6.98. The number of benzene rings is 2. The Morgan fingerprint density at radius 1 is 0.957 bits per heavy atom. The minimum absolute atomic E-state index is 0.237. The molecule has 1 heterocycles. The fourth-order valence-electron chi connectivity index (χ4n) is 2.18. The average molecular weight is 308 g/mol. The van der Waals surface area contributed by atoms with E-state index in [1.807, 2.05) is 6.07 Å². The molecule has 0 aliphatic heterocycles. The second-order valence-electron chi connectivity index (χ2n) is 4.93. The maximum atomic E-state index is 13.2. The summed E-state index contributed by atoms with van der Waals surface area (Å²) in [5.41, 5.74) is 1.08. The molecule has 0 fully saturated rings. The fourth-order valence-corrected chi connectivity index (χ4v) is 2.18. The van der Waals surface area contributed by atoms with Crippen LogP contribution in [0, 0.1) is 5.82 Å². The molecule has 1 aromatic heterocycles. The van der Waals surface area contributed by atoms with Crippen molar-refractivity contribution in [3.8, 4) is 5.69 Å². The van der Waals surface area contributed by atoms with E-state index in [0.29, 0.717) is 16.9 Å². The second kappa shape index (κ2) is 6.27. The van der Waals surface area contributed by atoms with Crippen LogP contribution in [0.4, 0.5) is 10.1 Å². The van der Waals surface area contributed by atoms with Gasteiger partial charge in [0.1, 0.15) is 5.82 Å². The topological polar surface area (TPSA) is 51.1 Å². The van der Waals surface area contributed by atoms with Gasteiger partial charge in [0.2, 0.25) is 0 Å². The van der Waals surface area contributed by atoms with E-state index in [4.69, 9.17) is 0 Å². The number of nitrogens with one attached hydrogen (secondary N) is 1. The molecule has 0 saturated carbocycles. The van der Waals surface area contributed by atoms with Crippen LogP contribution in [0.15, 0.2) is 77.7 Å². The summed E-state index contributed by atoms with van der Waals surface area (Å²) < 4.78 is 14.6. The van der Waals surface area contributed by atoms with Crippen LogP contribution < -0.4 is 10.9 Å². The third-order valence-electron chi connectivity index (χ3n) is 3.29. The SMILES string of the molecule is O=C(Nc1cccc(F)c1)c1ccc(=O)n(-c2ccccc2)c1. The Labute approximate surface area is 131 Å². The van der Waals surface area contributed by atoms with Crippen molar-refractivity contribution in [1.82, 2.24) is 4.57 Å². The van der Waals surface area contributed by atoms with Crippen LogP contribution in [0.5, 0.6) is 0 Å². The number of amides is 1. The maximum Gasteiger partial charge on any atom is 0.257 e. The van der Waals surface area contributed by atoms with Crippen molar-refractivity contribution in [1.29, 1.82) is 0 Å². The van der Waals surface area contributed by atoms with E-state index in [1.165, 1.54) is 41.1 Å². The molecule has 114 valence electrons. The van der Waals surface area contributed by atoms with Crippen LogP contribution in [0.1, 0.15) is 10.4 Å². The third-order valence-corrected chi connectivity index (χ3v) is 3.29. The minimum atomic E-state index is -0.433. The number of carbonyl (C=O) groups excluding carboxylic acids is 1. The highest BCUT2D eigenvalue weighted by molar-refractivity contribution is 6.04. The molecule has 5 heteroatoms. The van der Waals surface area contributed by atoms with E-state index in [2.05, 4.69) is 5.32 Å². The zero-order chi connectivity index (χ0) is 16.2. The lowest BCUT2D eigenvalue weighted by Gasteiger charge is -2.09. The number of aromatic nitrogens is 1. The lowest BCUT2D eigenvalue weighted by atomic mass is 10.2. The summed E-state index contributed by atoms with van der Waals surface area (Å²) in [6, 6.07) is 17.4. The molecule has 2 aromatic carbocycles. The molecule has 1 amide bonds. The Kier molecular flexibility index (Phi) is 4.01. The summed E-state index contributed by atoms with van der Waals surface area (Å²) in [4.78, 5) is 24.3. The smallest absolute Gasteiger partial charge is 0.257 e. The molecule has 0 atom stereocenters. The first-order valence-electron chi connectivity index (χ1n) is 6.98. The molecule has 0 unspecified atom stereocenters. The highest BCUT2D eigenvalue weighted by Gasteiger charge is 2.09. The van der Waals surface area contributed by atoms with E-state index >= 15 is 0 Å². The Morgan fingerprint density at radius 3 is 2.48 bits per heavy atom. The number of hydrogen-bond donors (Lipinski definition) is 1. The molecule has 0 aliphatic carbocycles. The Hall–Kier alpha value is -3.21. The minimum Gasteiger partial charge on any atom is -0.322 e. The van der Waals surface area contributed by atoms with E-state index < -0.39 is 11.7 Å². The van der Waals surface area contributed by atoms with Gasteiger partial charge < -0.3 is 5.32 Å². The predicted molar refractivity (Wildman–Crippen MR) is 86.4 cm³/mol. The van der Waals surface area contributed by atoms with Gasteiger partial charge in [0, 0.05) is 23.6 Å². The highest BCUT2D eigenvalue weighted by Crippen LogP contribution is 2.12. The van der Waals surface area contributed by atoms with E-state index in [0.717, 1.165) is 0 Å². The van der Waals surface area contributed by atoms with Crippen LogP contribution >= 0.6 is 0 Å². The number of hydrogen-bond acceptors (Lipinski definition) is 2. The van der Waals surface area contributed by atoms with Gasteiger partial charge >= 0.3 is 0 Å². The Balaban J connectivity index is 1.92. The summed E-state index contributed by atoms with van der Waals surface area (Å²) in [5.74, 6) is -0.850. The summed E-state index contributed by atoms with van der Waals surface area (Å²) in [7, 11) is 0. The molecular formula is C18H13FN2O2. The van der Waals surface area contributed by atoms with Crippen LogP contribution in [-0.2, 0) is 0 Å². The van der Waals surface area contributed by atoms with Crippen LogP contribution in [0.3, 0.4) is 0 Å². The normalized spacial score (nSPS) is 10.3. The maximum absolute atomic E-state index is 13.2. The van der Waals surface area contributed by atoms with Gasteiger partial charge in [-0.25, -0.2) is 4.39 Å². The summed E-state index contributed by atoms with van der Waals surface area (Å²) in [5, 5.41) is 2.60. The number of nitrogens with zero attached hydrogens (tertiary/aromatic N) is 1. The first kappa shape index (κ1) is 14.7. The molecule has 0 spiro atoms. The third kappa shape index (κ3) is 3.35. The van der Waals surface area contributed by atoms with E-state index in [9.17, 15) is 14.0 Å². The zero-order valence-electron chi connectivity index (χ0n) is 12.1. The zero-order valence-corrected chi connectivity index (χ0v) is 12.1. The largest absolute Gasteiger partial charge is 0.322 e. The fraction of sp³-hybridized carbons (Fsp3) is 0. The lowest BCUT2D eigenvalue weighted by Crippen LogP contribution is -2.20. The van der Waals surface area contributed by atoms with E-state index in [1.54, 1.807) is 30.3 Å². The summed E-state index contributed by atoms with van der Waals surface area (Å²) >= 11 is 0. The number of rotatable bonds is 3. The van der Waals surface area contributed by atoms with Crippen molar-refractivity contribution < 1.29 is 9.18 Å². The van der Waals surface area contributed by atoms with Crippen LogP contribution in [-0.4, -0.2) is 10.5 Å². The van der Waals surface area contributed by atoms with Crippen molar-refractivity contribution >= 4 is 11.6 Å². The predicted octanol–water partition coefficient (Wildman–Crippen LogP) is 3.23. The molecular weight excluding hydrogens is 295 g/mol. The van der Waals surface area contributed by atoms with Crippen molar-refractivity contribution in [2.75, 3.05) is 5.32 Å². The number of para-hydroxylation sites is 1. The molecule has 0 bridgehead atoms. The van der Waals surface area contributed by atoms with Gasteiger partial charge in [-0.05, 0) is 36.4 Å². The van der Waals surface area contributed by atoms with Crippen molar-refractivity contribution in [2.24, 2.45) is 0 Å².